The predicted molar refractivity (Wildman–Crippen MR) is 78.4 cm³/mol. The first-order chi connectivity index (χ1) is 9.01. The van der Waals surface area contributed by atoms with Crippen LogP contribution in [0.2, 0.25) is 10.0 Å². The monoisotopic (exact) mass is 300 g/mol. The predicted octanol–water partition coefficient (Wildman–Crippen LogP) is 3.11. The van der Waals surface area contributed by atoms with Crippen LogP contribution < -0.4 is 10.1 Å². The molecule has 0 amide bonds. The van der Waals surface area contributed by atoms with Crippen LogP contribution in [0.3, 0.4) is 0 Å². The van der Waals surface area contributed by atoms with Gasteiger partial charge >= 0.3 is 0 Å². The molecule has 0 aliphatic carbocycles. The highest BCUT2D eigenvalue weighted by atomic mass is 35.5. The van der Waals surface area contributed by atoms with Crippen molar-refractivity contribution >= 4 is 23.2 Å². The third-order valence-electron chi connectivity index (χ3n) is 4.11. The third kappa shape index (κ3) is 2.33. The van der Waals surface area contributed by atoms with Gasteiger partial charge in [-0.1, -0.05) is 23.2 Å². The van der Waals surface area contributed by atoms with Crippen LogP contribution in [0.5, 0.6) is 5.75 Å². The van der Waals surface area contributed by atoms with Crippen LogP contribution in [0.1, 0.15) is 24.4 Å². The van der Waals surface area contributed by atoms with Crippen molar-refractivity contribution in [3.63, 3.8) is 0 Å². The molecular formula is C14H18Cl2N2O. The van der Waals surface area contributed by atoms with Gasteiger partial charge < -0.3 is 15.0 Å². The van der Waals surface area contributed by atoms with Gasteiger partial charge in [-0.15, -0.1) is 0 Å². The molecule has 2 unspecified atom stereocenters. The molecule has 0 radical (unpaired) electrons. The normalized spacial score (nSPS) is 29.6. The lowest BCUT2D eigenvalue weighted by Gasteiger charge is -2.42. The number of hydrogen-bond donors (Lipinski definition) is 1. The largest absolute Gasteiger partial charge is 0.484 e. The molecule has 1 aromatic rings. The highest BCUT2D eigenvalue weighted by Gasteiger charge is 2.44. The Morgan fingerprint density at radius 3 is 2.79 bits per heavy atom. The Morgan fingerprint density at radius 2 is 2.16 bits per heavy atom. The Bertz CT molecular complexity index is 498. The van der Waals surface area contributed by atoms with Gasteiger partial charge in [0, 0.05) is 36.0 Å². The fraction of sp³-hybridized carbons (Fsp3) is 0.571. The number of fused-ring (bicyclic) bond motifs is 1. The zero-order chi connectivity index (χ0) is 13.6. The summed E-state index contributed by atoms with van der Waals surface area (Å²) in [6, 6.07) is 4.03. The Balaban J connectivity index is 2.09. The van der Waals surface area contributed by atoms with Crippen LogP contribution in [-0.4, -0.2) is 37.7 Å². The average Bonchev–Trinajstić information content (AvgIpc) is 2.78. The minimum absolute atomic E-state index is 0.126. The van der Waals surface area contributed by atoms with E-state index >= 15 is 0 Å². The van der Waals surface area contributed by atoms with Crippen LogP contribution >= 0.6 is 23.2 Å². The molecule has 19 heavy (non-hydrogen) atoms. The summed E-state index contributed by atoms with van der Waals surface area (Å²) in [6.45, 7) is 1.89. The van der Waals surface area contributed by atoms with Gasteiger partial charge in [-0.25, -0.2) is 0 Å². The van der Waals surface area contributed by atoms with E-state index in [-0.39, 0.29) is 5.60 Å². The van der Waals surface area contributed by atoms with E-state index in [0.29, 0.717) is 16.1 Å². The van der Waals surface area contributed by atoms with Crippen LogP contribution in [-0.2, 0) is 0 Å². The summed E-state index contributed by atoms with van der Waals surface area (Å²) in [7, 11) is 4.18. The van der Waals surface area contributed by atoms with Gasteiger partial charge in [0.05, 0.1) is 5.02 Å². The second kappa shape index (κ2) is 4.81. The number of hydrogen-bond acceptors (Lipinski definition) is 3. The molecule has 104 valence electrons. The standard InChI is InChI=1S/C14H18Cl2N2O/c1-18(2)12-7-14(3-4-17-8-14)19-13-10(12)5-9(15)6-11(13)16/h5-6,12,17H,3-4,7-8H2,1-2H3. The average molecular weight is 301 g/mol. The van der Waals surface area contributed by atoms with Crippen molar-refractivity contribution in [2.75, 3.05) is 27.2 Å². The van der Waals surface area contributed by atoms with E-state index < -0.39 is 0 Å². The van der Waals surface area contributed by atoms with Gasteiger partial charge in [0.25, 0.3) is 0 Å². The summed E-state index contributed by atoms with van der Waals surface area (Å²) in [6.07, 6.45) is 1.99. The van der Waals surface area contributed by atoms with E-state index in [9.17, 15) is 0 Å². The third-order valence-corrected chi connectivity index (χ3v) is 4.61. The number of benzene rings is 1. The van der Waals surface area contributed by atoms with Gasteiger partial charge in [-0.3, -0.25) is 0 Å². The van der Waals surface area contributed by atoms with Crippen LogP contribution in [0.25, 0.3) is 0 Å². The number of ether oxygens (including phenoxy) is 1. The smallest absolute Gasteiger partial charge is 0.143 e. The molecule has 2 heterocycles. The van der Waals surface area contributed by atoms with Gasteiger partial charge in [-0.2, -0.15) is 0 Å². The lowest BCUT2D eigenvalue weighted by atomic mass is 9.86. The molecule has 3 nitrogen and oxygen atoms in total. The SMILES string of the molecule is CN(C)C1CC2(CCNC2)Oc2c(Cl)cc(Cl)cc21. The van der Waals surface area contributed by atoms with E-state index in [0.717, 1.165) is 37.2 Å². The molecule has 5 heteroatoms. The van der Waals surface area contributed by atoms with Crippen LogP contribution in [0.15, 0.2) is 12.1 Å². The Kier molecular flexibility index (Phi) is 3.42. The van der Waals surface area contributed by atoms with Crippen molar-refractivity contribution in [2.24, 2.45) is 0 Å². The fourth-order valence-electron chi connectivity index (χ4n) is 3.10. The number of rotatable bonds is 1. The second-order valence-corrected chi connectivity index (χ2v) is 6.54. The molecule has 0 bridgehead atoms. The minimum atomic E-state index is -0.126. The summed E-state index contributed by atoms with van der Waals surface area (Å²) in [5.41, 5.74) is 0.972. The molecule has 2 atom stereocenters. The van der Waals surface area contributed by atoms with Crippen LogP contribution in [0.4, 0.5) is 0 Å². The van der Waals surface area contributed by atoms with E-state index in [1.54, 1.807) is 6.07 Å². The Morgan fingerprint density at radius 1 is 1.37 bits per heavy atom. The van der Waals surface area contributed by atoms with Gasteiger partial charge in [0.1, 0.15) is 11.4 Å². The van der Waals surface area contributed by atoms with Gasteiger partial charge in [0.15, 0.2) is 0 Å². The topological polar surface area (TPSA) is 24.5 Å². The highest BCUT2D eigenvalue weighted by Crippen LogP contribution is 2.48. The van der Waals surface area contributed by atoms with E-state index in [1.807, 2.05) is 6.07 Å². The molecule has 0 aromatic heterocycles. The maximum absolute atomic E-state index is 6.33. The van der Waals surface area contributed by atoms with Crippen molar-refractivity contribution < 1.29 is 4.74 Å². The molecule has 1 saturated heterocycles. The minimum Gasteiger partial charge on any atom is -0.484 e. The summed E-state index contributed by atoms with van der Waals surface area (Å²) >= 11 is 12.5. The van der Waals surface area contributed by atoms with Crippen molar-refractivity contribution in [1.29, 1.82) is 0 Å². The number of nitrogens with zero attached hydrogens (tertiary/aromatic N) is 1. The quantitative estimate of drug-likeness (QED) is 0.862. The molecule has 1 spiro atoms. The van der Waals surface area contributed by atoms with Crippen LogP contribution in [0, 0.1) is 0 Å². The van der Waals surface area contributed by atoms with E-state index in [2.05, 4.69) is 24.3 Å². The molecule has 2 aliphatic heterocycles. The lowest BCUT2D eigenvalue weighted by Crippen LogP contribution is -2.45. The summed E-state index contributed by atoms with van der Waals surface area (Å²) in [4.78, 5) is 2.22. The van der Waals surface area contributed by atoms with Crippen molar-refractivity contribution in [3.8, 4) is 5.75 Å². The highest BCUT2D eigenvalue weighted by molar-refractivity contribution is 6.35. The molecular weight excluding hydrogens is 283 g/mol. The van der Waals surface area contributed by atoms with Crippen molar-refractivity contribution in [3.05, 3.63) is 27.7 Å². The molecule has 3 rings (SSSR count). The van der Waals surface area contributed by atoms with E-state index in [1.165, 1.54) is 0 Å². The van der Waals surface area contributed by atoms with Crippen molar-refractivity contribution in [2.45, 2.75) is 24.5 Å². The molecule has 2 aliphatic rings. The summed E-state index contributed by atoms with van der Waals surface area (Å²) in [5.74, 6) is 0.805. The number of nitrogens with one attached hydrogen (secondary N) is 1. The molecule has 1 N–H and O–H groups in total. The zero-order valence-corrected chi connectivity index (χ0v) is 12.7. The first kappa shape index (κ1) is 13.5. The van der Waals surface area contributed by atoms with Gasteiger partial charge in [0.2, 0.25) is 0 Å². The molecule has 1 aromatic carbocycles. The van der Waals surface area contributed by atoms with Gasteiger partial charge in [-0.05, 0) is 32.8 Å². The molecule has 0 saturated carbocycles. The maximum Gasteiger partial charge on any atom is 0.143 e. The summed E-state index contributed by atoms with van der Waals surface area (Å²) in [5, 5.41) is 4.67. The summed E-state index contributed by atoms with van der Waals surface area (Å²) < 4.78 is 6.27. The Hall–Kier alpha value is -0.480. The maximum atomic E-state index is 6.33. The number of halogens is 2. The Labute approximate surface area is 123 Å². The van der Waals surface area contributed by atoms with E-state index in [4.69, 9.17) is 27.9 Å². The molecule has 1 fully saturated rings. The first-order valence-electron chi connectivity index (χ1n) is 6.56. The first-order valence-corrected chi connectivity index (χ1v) is 7.31. The lowest BCUT2D eigenvalue weighted by molar-refractivity contribution is 0.0290. The fourth-order valence-corrected chi connectivity index (χ4v) is 3.65. The second-order valence-electron chi connectivity index (χ2n) is 5.70. The zero-order valence-electron chi connectivity index (χ0n) is 11.2. The van der Waals surface area contributed by atoms with Crippen molar-refractivity contribution in [1.82, 2.24) is 10.2 Å².